The van der Waals surface area contributed by atoms with E-state index in [0.717, 1.165) is 6.07 Å². The molecule has 0 bridgehead atoms. The van der Waals surface area contributed by atoms with E-state index in [1.54, 1.807) is 24.3 Å². The van der Waals surface area contributed by atoms with E-state index in [-0.39, 0.29) is 33.2 Å². The quantitative estimate of drug-likeness (QED) is 0.335. The maximum Gasteiger partial charge on any atom is 0.276 e. The maximum absolute atomic E-state index is 14.9. The second-order valence-corrected chi connectivity index (χ2v) is 9.00. The number of rotatable bonds is 5. The molecule has 2 heterocycles. The maximum atomic E-state index is 14.9. The van der Waals surface area contributed by atoms with E-state index in [1.807, 2.05) is 0 Å². The lowest BCUT2D eigenvalue weighted by molar-refractivity contribution is 0.101. The molecule has 0 saturated carbocycles. The van der Waals surface area contributed by atoms with E-state index in [9.17, 15) is 17.6 Å². The minimum absolute atomic E-state index is 0.0300. The second-order valence-electron chi connectivity index (χ2n) is 7.47. The molecule has 11 nitrogen and oxygen atoms in total. The summed E-state index contributed by atoms with van der Waals surface area (Å²) in [5.74, 6) is -1.28. The van der Waals surface area contributed by atoms with Gasteiger partial charge >= 0.3 is 0 Å². The molecule has 176 valence electrons. The first kappa shape index (κ1) is 22.2. The zero-order valence-electron chi connectivity index (χ0n) is 17.7. The van der Waals surface area contributed by atoms with Gasteiger partial charge in [-0.15, -0.1) is 5.10 Å². The molecular formula is C22H16FN7O4S. The summed E-state index contributed by atoms with van der Waals surface area (Å²) in [7, 11) is -4.02. The lowest BCUT2D eigenvalue weighted by Crippen LogP contribution is -2.17. The molecule has 1 amide bonds. The molecule has 13 heteroatoms. The molecule has 5 rings (SSSR count). The number of fused-ring (bicyclic) bond motifs is 1. The Bertz CT molecular complexity index is 1710. The lowest BCUT2D eigenvalue weighted by atomic mass is 10.0. The number of aromatic nitrogens is 4. The molecule has 0 atom stereocenters. The first-order valence-electron chi connectivity index (χ1n) is 10.0. The van der Waals surface area contributed by atoms with Crippen LogP contribution in [0.5, 0.6) is 0 Å². The van der Waals surface area contributed by atoms with E-state index < -0.39 is 21.7 Å². The van der Waals surface area contributed by atoms with Gasteiger partial charge in [0.2, 0.25) is 10.0 Å². The summed E-state index contributed by atoms with van der Waals surface area (Å²) >= 11 is 0. The molecule has 35 heavy (non-hydrogen) atoms. The molecule has 5 N–H and O–H groups in total. The van der Waals surface area contributed by atoms with E-state index >= 15 is 0 Å². The molecule has 0 spiro atoms. The van der Waals surface area contributed by atoms with Gasteiger partial charge in [-0.25, -0.2) is 22.6 Å². The first-order valence-corrected chi connectivity index (χ1v) is 11.6. The number of carbonyl (C=O) groups is 1. The molecule has 2 aromatic heterocycles. The van der Waals surface area contributed by atoms with Crippen molar-refractivity contribution < 1.29 is 22.1 Å². The highest BCUT2D eigenvalue weighted by Crippen LogP contribution is 2.29. The average Bonchev–Trinajstić information content (AvgIpc) is 3.47. The van der Waals surface area contributed by atoms with Gasteiger partial charge in [0.05, 0.1) is 27.9 Å². The Balaban J connectivity index is 1.44. The van der Waals surface area contributed by atoms with E-state index in [2.05, 4.69) is 20.8 Å². The fourth-order valence-corrected chi connectivity index (χ4v) is 4.34. The van der Waals surface area contributed by atoms with Gasteiger partial charge in [0, 0.05) is 5.56 Å². The number of primary sulfonamides is 1. The Morgan fingerprint density at radius 2 is 1.89 bits per heavy atom. The normalized spacial score (nSPS) is 11.6. The third-order valence-corrected chi connectivity index (χ3v) is 6.20. The zero-order chi connectivity index (χ0) is 24.7. The molecule has 3 aromatic carbocycles. The van der Waals surface area contributed by atoms with Gasteiger partial charge in [0.25, 0.3) is 5.91 Å². The van der Waals surface area contributed by atoms with Crippen LogP contribution in [0.15, 0.2) is 76.3 Å². The van der Waals surface area contributed by atoms with Crippen molar-refractivity contribution in [1.29, 1.82) is 0 Å². The molecule has 0 saturated heterocycles. The highest BCUT2D eigenvalue weighted by molar-refractivity contribution is 7.89. The number of nitrogens with one attached hydrogen (secondary N) is 1. The number of hydrogen-bond donors (Lipinski definition) is 3. The predicted molar refractivity (Wildman–Crippen MR) is 125 cm³/mol. The van der Waals surface area contributed by atoms with Crippen molar-refractivity contribution in [1.82, 2.24) is 20.2 Å². The van der Waals surface area contributed by atoms with Crippen LogP contribution in [-0.4, -0.2) is 34.5 Å². The summed E-state index contributed by atoms with van der Waals surface area (Å²) in [6.45, 7) is 0. The Hall–Kier alpha value is -4.62. The third-order valence-electron chi connectivity index (χ3n) is 5.23. The number of nitrogens with zero attached hydrogens (tertiary/aromatic N) is 4. The number of amides is 1. The zero-order valence-corrected chi connectivity index (χ0v) is 18.5. The van der Waals surface area contributed by atoms with Crippen molar-refractivity contribution in [3.63, 3.8) is 0 Å². The minimum atomic E-state index is -4.02. The van der Waals surface area contributed by atoms with Gasteiger partial charge in [-0.05, 0) is 42.0 Å². The predicted octanol–water partition coefficient (Wildman–Crippen LogP) is 2.70. The highest BCUT2D eigenvalue weighted by atomic mass is 32.2. The summed E-state index contributed by atoms with van der Waals surface area (Å²) in [5.41, 5.74) is 7.13. The fourth-order valence-electron chi connectivity index (χ4n) is 3.58. The van der Waals surface area contributed by atoms with E-state index in [1.165, 1.54) is 41.2 Å². The van der Waals surface area contributed by atoms with Gasteiger partial charge in [-0.1, -0.05) is 34.6 Å². The van der Waals surface area contributed by atoms with Gasteiger partial charge in [0.15, 0.2) is 17.1 Å². The average molecular weight is 493 g/mol. The molecule has 0 radical (unpaired) electrons. The van der Waals surface area contributed by atoms with E-state index in [4.69, 9.17) is 15.4 Å². The van der Waals surface area contributed by atoms with Crippen LogP contribution in [0.2, 0.25) is 0 Å². The van der Waals surface area contributed by atoms with Gasteiger partial charge in [-0.3, -0.25) is 4.79 Å². The van der Waals surface area contributed by atoms with Crippen LogP contribution in [0.25, 0.3) is 27.8 Å². The summed E-state index contributed by atoms with van der Waals surface area (Å²) in [6, 6.07) is 14.7. The van der Waals surface area contributed by atoms with Crippen LogP contribution in [-0.2, 0) is 10.0 Å². The monoisotopic (exact) mass is 493 g/mol. The van der Waals surface area contributed by atoms with Gasteiger partial charge in [-0.2, -0.15) is 0 Å². The molecule has 5 aromatic rings. The third kappa shape index (κ3) is 4.09. The van der Waals surface area contributed by atoms with Crippen molar-refractivity contribution >= 4 is 38.4 Å². The van der Waals surface area contributed by atoms with Crippen molar-refractivity contribution in [2.75, 3.05) is 11.1 Å². The number of hydrogen-bond acceptors (Lipinski definition) is 8. The highest BCUT2D eigenvalue weighted by Gasteiger charge is 2.19. The van der Waals surface area contributed by atoms with Gasteiger partial charge < -0.3 is 15.6 Å². The SMILES string of the molecule is Nc1noc2ccc(-n3nncc3C(=O)Nc3ccc(-c4ccccc4S(N)(=O)=O)cc3F)cc12. The van der Waals surface area contributed by atoms with Crippen molar-refractivity contribution in [3.05, 3.63) is 78.4 Å². The molecule has 0 fully saturated rings. The smallest absolute Gasteiger partial charge is 0.276 e. The van der Waals surface area contributed by atoms with Crippen LogP contribution in [0, 0.1) is 5.82 Å². The van der Waals surface area contributed by atoms with E-state index in [0.29, 0.717) is 16.7 Å². The molecule has 0 aliphatic rings. The standard InChI is InChI=1S/C22H16FN7O4S/c23-16-9-12(14-3-1-2-4-20(14)35(25,32)33)5-7-17(16)27-22(31)18-11-26-29-30(18)13-6-8-19-15(10-13)21(24)28-34-19/h1-11H,(H2,24,28)(H,27,31)(H2,25,32,33). The summed E-state index contributed by atoms with van der Waals surface area (Å²) in [5, 5.41) is 19.7. The molecule has 0 aliphatic carbocycles. The largest absolute Gasteiger partial charge is 0.380 e. The molecular weight excluding hydrogens is 477 g/mol. The number of nitrogens with two attached hydrogens (primary N) is 2. The van der Waals surface area contributed by atoms with Crippen LogP contribution >= 0.6 is 0 Å². The first-order chi connectivity index (χ1) is 16.7. The summed E-state index contributed by atoms with van der Waals surface area (Å²) in [6.07, 6.45) is 1.23. The Kier molecular flexibility index (Phi) is 5.26. The number of sulfonamides is 1. The van der Waals surface area contributed by atoms with Crippen molar-refractivity contribution in [2.45, 2.75) is 4.90 Å². The van der Waals surface area contributed by atoms with Crippen molar-refractivity contribution in [3.8, 4) is 16.8 Å². The van der Waals surface area contributed by atoms with Crippen molar-refractivity contribution in [2.24, 2.45) is 5.14 Å². The fraction of sp³-hybridized carbons (Fsp3) is 0. The lowest BCUT2D eigenvalue weighted by Gasteiger charge is -2.11. The Morgan fingerprint density at radius 3 is 2.66 bits per heavy atom. The molecule has 0 unspecified atom stereocenters. The Labute approximate surface area is 197 Å². The summed E-state index contributed by atoms with van der Waals surface area (Å²) in [4.78, 5) is 12.8. The number of anilines is 2. The van der Waals surface area contributed by atoms with Crippen LogP contribution in [0.1, 0.15) is 10.5 Å². The number of halogens is 1. The number of carbonyl (C=O) groups excluding carboxylic acids is 1. The topological polar surface area (TPSA) is 172 Å². The molecule has 0 aliphatic heterocycles. The second kappa shape index (κ2) is 8.30. The summed E-state index contributed by atoms with van der Waals surface area (Å²) < 4.78 is 45.0. The van der Waals surface area contributed by atoms with Crippen LogP contribution in [0.4, 0.5) is 15.9 Å². The number of nitrogen functional groups attached to an aromatic ring is 1. The number of benzene rings is 3. The van der Waals surface area contributed by atoms with Crippen LogP contribution in [0.3, 0.4) is 0 Å². The Morgan fingerprint density at radius 1 is 1.09 bits per heavy atom. The minimum Gasteiger partial charge on any atom is -0.380 e. The van der Waals surface area contributed by atoms with Gasteiger partial charge in [0.1, 0.15) is 5.82 Å². The van der Waals surface area contributed by atoms with Crippen LogP contribution < -0.4 is 16.2 Å².